The first-order valence-electron chi connectivity index (χ1n) is 7.31. The fourth-order valence-electron chi connectivity index (χ4n) is 1.99. The van der Waals surface area contributed by atoms with Crippen LogP contribution >= 0.6 is 0 Å². The van der Waals surface area contributed by atoms with E-state index in [0.717, 1.165) is 24.3 Å². The summed E-state index contributed by atoms with van der Waals surface area (Å²) in [5, 5.41) is 14.9. The fraction of sp³-hybridized carbons (Fsp3) is 0. The molecule has 0 bridgehead atoms. The van der Waals surface area contributed by atoms with Gasteiger partial charge >= 0.3 is 0 Å². The summed E-state index contributed by atoms with van der Waals surface area (Å²) in [5.74, 6) is -1.15. The molecule has 150 valence electrons. The van der Waals surface area contributed by atoms with Gasteiger partial charge in [-0.3, -0.25) is 4.72 Å². The Morgan fingerprint density at radius 2 is 1.64 bits per heavy atom. The van der Waals surface area contributed by atoms with Crippen molar-refractivity contribution in [2.75, 3.05) is 4.72 Å². The molecule has 0 aliphatic heterocycles. The highest BCUT2D eigenvalue weighted by Crippen LogP contribution is 2.30. The Kier molecular flexibility index (Phi) is 5.77. The molecule has 0 aliphatic rings. The van der Waals surface area contributed by atoms with E-state index in [1.54, 1.807) is 0 Å². The molecule has 2 aromatic carbocycles. The molecule has 28 heavy (non-hydrogen) atoms. The zero-order valence-electron chi connectivity index (χ0n) is 14.1. The molecule has 0 atom stereocenters. The first kappa shape index (κ1) is 20.9. The Labute approximate surface area is 160 Å². The lowest BCUT2D eigenvalue weighted by Crippen LogP contribution is -2.26. The molecule has 0 aliphatic carbocycles. The highest BCUT2D eigenvalue weighted by atomic mass is 32.2. The van der Waals surface area contributed by atoms with Crippen LogP contribution in [0.3, 0.4) is 0 Å². The molecule has 0 unspecified atom stereocenters. The van der Waals surface area contributed by atoms with Gasteiger partial charge in [0.15, 0.2) is 5.96 Å². The molecular formula is C14H17N7O5S2. The van der Waals surface area contributed by atoms with Crippen LogP contribution in [0.1, 0.15) is 0 Å². The summed E-state index contributed by atoms with van der Waals surface area (Å²) >= 11 is 0. The van der Waals surface area contributed by atoms with Gasteiger partial charge in [0, 0.05) is 0 Å². The molecule has 0 heterocycles. The standard InChI is InChI=1S/C14H17N7O5S2/c15-13(16)20-14(17)19-11-7-10(4-5-12(11)22)28(25,26)21-8-2-1-3-9(6-8)27(18,23)24/h1-7,21-22H,(H2,18,23,24)(H6,15,16,17,19,20). The first-order valence-corrected chi connectivity index (χ1v) is 10.3. The number of hydrogen-bond acceptors (Lipinski definition) is 6. The van der Waals surface area contributed by atoms with Gasteiger partial charge in [-0.2, -0.15) is 4.99 Å². The van der Waals surface area contributed by atoms with E-state index in [1.165, 1.54) is 18.2 Å². The second-order valence-corrected chi connectivity index (χ2v) is 8.58. The SMILES string of the molecule is NC(N)=NC(N)=Nc1cc(S(=O)(=O)Nc2cccc(S(N)(=O)=O)c2)ccc1O. The minimum Gasteiger partial charge on any atom is -0.506 e. The molecule has 0 spiro atoms. The second-order valence-electron chi connectivity index (χ2n) is 5.34. The number of guanidine groups is 2. The highest BCUT2D eigenvalue weighted by molar-refractivity contribution is 7.92. The predicted molar refractivity (Wildman–Crippen MR) is 104 cm³/mol. The number of nitrogens with two attached hydrogens (primary N) is 4. The van der Waals surface area contributed by atoms with Crippen molar-refractivity contribution >= 4 is 43.3 Å². The summed E-state index contributed by atoms with van der Waals surface area (Å²) in [5.41, 5.74) is 15.6. The summed E-state index contributed by atoms with van der Waals surface area (Å²) in [6.45, 7) is 0. The number of aliphatic imine (C=N–C) groups is 2. The van der Waals surface area contributed by atoms with Crippen LogP contribution < -0.4 is 27.1 Å². The topological polar surface area (TPSA) is 229 Å². The number of phenols is 1. The average molecular weight is 427 g/mol. The van der Waals surface area contributed by atoms with E-state index >= 15 is 0 Å². The molecule has 2 rings (SSSR count). The lowest BCUT2D eigenvalue weighted by molar-refractivity contribution is 0.476. The number of aromatic hydroxyl groups is 1. The largest absolute Gasteiger partial charge is 0.506 e. The number of nitrogens with one attached hydrogen (secondary N) is 1. The van der Waals surface area contributed by atoms with Crippen LogP contribution in [0.15, 0.2) is 62.2 Å². The van der Waals surface area contributed by atoms with Crippen LogP contribution in [0.4, 0.5) is 11.4 Å². The molecule has 14 heteroatoms. The van der Waals surface area contributed by atoms with E-state index in [1.807, 2.05) is 0 Å². The molecule has 0 aromatic heterocycles. The number of primary sulfonamides is 1. The van der Waals surface area contributed by atoms with Crippen molar-refractivity contribution in [1.29, 1.82) is 0 Å². The van der Waals surface area contributed by atoms with Crippen molar-refractivity contribution in [1.82, 2.24) is 0 Å². The second kappa shape index (κ2) is 7.71. The number of benzene rings is 2. The first-order chi connectivity index (χ1) is 12.9. The minimum atomic E-state index is -4.17. The maximum atomic E-state index is 12.6. The van der Waals surface area contributed by atoms with E-state index in [2.05, 4.69) is 14.7 Å². The smallest absolute Gasteiger partial charge is 0.261 e. The molecule has 0 fully saturated rings. The molecule has 0 amide bonds. The third-order valence-electron chi connectivity index (χ3n) is 3.15. The van der Waals surface area contributed by atoms with Crippen molar-refractivity contribution in [2.24, 2.45) is 32.3 Å². The molecule has 10 N–H and O–H groups in total. The van der Waals surface area contributed by atoms with E-state index in [0.29, 0.717) is 0 Å². The van der Waals surface area contributed by atoms with Gasteiger partial charge in [-0.25, -0.2) is 27.0 Å². The van der Waals surface area contributed by atoms with Crippen molar-refractivity contribution in [3.63, 3.8) is 0 Å². The summed E-state index contributed by atoms with van der Waals surface area (Å²) in [7, 11) is -8.18. The maximum absolute atomic E-state index is 12.6. The van der Waals surface area contributed by atoms with Crippen LogP contribution in [-0.2, 0) is 20.0 Å². The third kappa shape index (κ3) is 5.32. The number of nitrogens with zero attached hydrogens (tertiary/aromatic N) is 2. The number of rotatable bonds is 5. The van der Waals surface area contributed by atoms with Gasteiger partial charge in [-0.05, 0) is 36.4 Å². The van der Waals surface area contributed by atoms with Gasteiger partial charge in [-0.15, -0.1) is 0 Å². The van der Waals surface area contributed by atoms with Crippen molar-refractivity contribution in [3.05, 3.63) is 42.5 Å². The zero-order valence-corrected chi connectivity index (χ0v) is 15.8. The lowest BCUT2D eigenvalue weighted by Gasteiger charge is -2.10. The number of phenolic OH excluding ortho intramolecular Hbond substituents is 1. The van der Waals surface area contributed by atoms with E-state index in [9.17, 15) is 21.9 Å². The van der Waals surface area contributed by atoms with Gasteiger partial charge < -0.3 is 22.3 Å². The Balaban J connectivity index is 2.42. The van der Waals surface area contributed by atoms with Crippen molar-refractivity contribution < 1.29 is 21.9 Å². The number of hydrogen-bond donors (Lipinski definition) is 6. The molecule has 0 saturated heterocycles. The number of sulfonamides is 2. The van der Waals surface area contributed by atoms with Crippen LogP contribution in [0.5, 0.6) is 5.75 Å². The molecule has 0 saturated carbocycles. The van der Waals surface area contributed by atoms with E-state index < -0.39 is 26.0 Å². The number of anilines is 1. The van der Waals surface area contributed by atoms with Crippen molar-refractivity contribution in [3.8, 4) is 5.75 Å². The normalized spacial score (nSPS) is 12.4. The summed E-state index contributed by atoms with van der Waals surface area (Å²) in [6.07, 6.45) is 0. The minimum absolute atomic E-state index is 0.0373. The van der Waals surface area contributed by atoms with Crippen LogP contribution in [0.2, 0.25) is 0 Å². The molecule has 0 radical (unpaired) electrons. The fourth-order valence-corrected chi connectivity index (χ4v) is 3.62. The zero-order chi connectivity index (χ0) is 21.1. The van der Waals surface area contributed by atoms with E-state index in [4.69, 9.17) is 22.3 Å². The third-order valence-corrected chi connectivity index (χ3v) is 5.44. The molecule has 2 aromatic rings. The van der Waals surface area contributed by atoms with Crippen LogP contribution in [-0.4, -0.2) is 33.9 Å². The van der Waals surface area contributed by atoms with Gasteiger partial charge in [0.05, 0.1) is 15.5 Å². The molecule has 12 nitrogen and oxygen atoms in total. The Morgan fingerprint density at radius 1 is 0.964 bits per heavy atom. The highest BCUT2D eigenvalue weighted by Gasteiger charge is 2.18. The quantitative estimate of drug-likeness (QED) is 0.257. The summed E-state index contributed by atoms with van der Waals surface area (Å²) in [6, 6.07) is 8.14. The van der Waals surface area contributed by atoms with Gasteiger partial charge in [0.2, 0.25) is 16.0 Å². The van der Waals surface area contributed by atoms with Crippen LogP contribution in [0.25, 0.3) is 0 Å². The average Bonchev–Trinajstić information content (AvgIpc) is 2.55. The lowest BCUT2D eigenvalue weighted by atomic mass is 10.3. The summed E-state index contributed by atoms with van der Waals surface area (Å²) in [4.78, 5) is 6.64. The van der Waals surface area contributed by atoms with Gasteiger partial charge in [-0.1, -0.05) is 6.07 Å². The Bertz CT molecular complexity index is 1170. The van der Waals surface area contributed by atoms with Gasteiger partial charge in [0.25, 0.3) is 10.0 Å². The van der Waals surface area contributed by atoms with Crippen LogP contribution in [0, 0.1) is 0 Å². The maximum Gasteiger partial charge on any atom is 0.261 e. The molecular weight excluding hydrogens is 410 g/mol. The van der Waals surface area contributed by atoms with Gasteiger partial charge in [0.1, 0.15) is 11.4 Å². The van der Waals surface area contributed by atoms with Crippen molar-refractivity contribution in [2.45, 2.75) is 9.79 Å². The summed E-state index contributed by atoms with van der Waals surface area (Å²) < 4.78 is 50.1. The monoisotopic (exact) mass is 427 g/mol. The van der Waals surface area contributed by atoms with E-state index in [-0.39, 0.29) is 32.9 Å². The Hall–Kier alpha value is -3.36. The Morgan fingerprint density at radius 3 is 2.25 bits per heavy atom. The predicted octanol–water partition coefficient (Wildman–Crippen LogP) is -0.940.